The van der Waals surface area contributed by atoms with Crippen LogP contribution in [0.1, 0.15) is 22.7 Å². The topological polar surface area (TPSA) is 160 Å². The van der Waals surface area contributed by atoms with E-state index in [1.54, 1.807) is 18.2 Å². The summed E-state index contributed by atoms with van der Waals surface area (Å²) in [6.07, 6.45) is 1.32. The van der Waals surface area contributed by atoms with Gasteiger partial charge >= 0.3 is 6.03 Å². The second-order valence-corrected chi connectivity index (χ2v) is 8.75. The maximum absolute atomic E-state index is 12.8. The van der Waals surface area contributed by atoms with Crippen molar-refractivity contribution in [2.24, 2.45) is 5.10 Å². The average Bonchev–Trinajstić information content (AvgIpc) is 2.88. The molecule has 0 aromatic heterocycles. The van der Waals surface area contributed by atoms with Crippen LogP contribution in [0.5, 0.6) is 5.75 Å². The first-order valence-electron chi connectivity index (χ1n) is 10.7. The normalized spacial score (nSPS) is 11.8. The van der Waals surface area contributed by atoms with E-state index in [0.717, 1.165) is 9.86 Å². The summed E-state index contributed by atoms with van der Waals surface area (Å²) in [5.41, 5.74) is 3.55. The highest BCUT2D eigenvalue weighted by atomic mass is 79.9. The summed E-state index contributed by atoms with van der Waals surface area (Å²) in [5.74, 6) is -0.0761. The molecule has 37 heavy (non-hydrogen) atoms. The Morgan fingerprint density at radius 1 is 0.919 bits per heavy atom. The van der Waals surface area contributed by atoms with Crippen LogP contribution in [-0.2, 0) is 0 Å². The number of nitrogens with zero attached hydrogens (tertiary/aromatic N) is 3. The Kier molecular flexibility index (Phi) is 7.39. The van der Waals surface area contributed by atoms with E-state index in [9.17, 15) is 30.1 Å². The number of amides is 2. The summed E-state index contributed by atoms with van der Waals surface area (Å²) in [4.78, 5) is 33.6. The van der Waals surface area contributed by atoms with Crippen molar-refractivity contribution < 1.29 is 19.7 Å². The van der Waals surface area contributed by atoms with Gasteiger partial charge in [0.2, 0.25) is 0 Å². The van der Waals surface area contributed by atoms with Crippen LogP contribution >= 0.6 is 15.9 Å². The van der Waals surface area contributed by atoms with Gasteiger partial charge in [-0.1, -0.05) is 28.1 Å². The summed E-state index contributed by atoms with van der Waals surface area (Å²) in [6, 6.07) is 18.3. The molecule has 4 rings (SSSR count). The molecule has 4 aromatic carbocycles. The number of hydrogen-bond donors (Lipinski definition) is 3. The molecule has 0 saturated carbocycles. The van der Waals surface area contributed by atoms with E-state index in [-0.39, 0.29) is 17.1 Å². The molecule has 3 N–H and O–H groups in total. The van der Waals surface area contributed by atoms with E-state index in [4.69, 9.17) is 0 Å². The monoisotopic (exact) mass is 563 g/mol. The molecular weight excluding hydrogens is 546 g/mol. The predicted molar refractivity (Wildman–Crippen MR) is 141 cm³/mol. The summed E-state index contributed by atoms with van der Waals surface area (Å²) in [5, 5.41) is 40.8. The molecular formula is C25H18BrN5O6. The molecule has 0 saturated heterocycles. The molecule has 2 amide bonds. The number of rotatable bonds is 7. The number of benzene rings is 4. The molecule has 0 spiro atoms. The Labute approximate surface area is 217 Å². The SMILES string of the molecule is O=C(N/N=C/c1ccc([N+](=O)[O-])cc1)NC(c1ccc([N+](=O)[O-])cc1)c1c(O)ccc2cc(Br)ccc12. The number of urea groups is 1. The highest BCUT2D eigenvalue weighted by molar-refractivity contribution is 9.10. The van der Waals surface area contributed by atoms with Gasteiger partial charge in [-0.25, -0.2) is 10.2 Å². The number of halogens is 1. The van der Waals surface area contributed by atoms with E-state index >= 15 is 0 Å². The number of hydrogen-bond acceptors (Lipinski definition) is 7. The maximum atomic E-state index is 12.8. The Bertz CT molecular complexity index is 1520. The lowest BCUT2D eigenvalue weighted by Gasteiger charge is -2.22. The number of nitro groups is 2. The highest BCUT2D eigenvalue weighted by Crippen LogP contribution is 2.37. The number of carbonyl (C=O) groups excluding carboxylic acids is 1. The number of non-ortho nitro benzene ring substituents is 2. The van der Waals surface area contributed by atoms with Gasteiger partial charge in [-0.15, -0.1) is 0 Å². The molecule has 0 bridgehead atoms. The number of phenolic OH excluding ortho intramolecular Hbond substituents is 1. The molecule has 1 unspecified atom stereocenters. The molecule has 1 atom stereocenters. The summed E-state index contributed by atoms with van der Waals surface area (Å²) < 4.78 is 0.829. The third kappa shape index (κ3) is 5.87. The smallest absolute Gasteiger partial charge is 0.335 e. The fraction of sp³-hybridized carbons (Fsp3) is 0.0400. The standard InChI is InChI=1S/C25H18BrN5O6/c26-18-6-11-21-17(13-18)5-12-22(32)23(21)24(16-3-9-20(10-4-16)31(36)37)28-25(33)29-27-14-15-1-7-19(8-2-15)30(34)35/h1-14,24,32H,(H2,28,29,33)/b27-14+. The Balaban J connectivity index is 1.64. The Morgan fingerprint density at radius 3 is 2.16 bits per heavy atom. The van der Waals surface area contributed by atoms with Gasteiger partial charge in [0.15, 0.2) is 0 Å². The summed E-state index contributed by atoms with van der Waals surface area (Å²) >= 11 is 3.42. The number of nitro benzene ring substituents is 2. The highest BCUT2D eigenvalue weighted by Gasteiger charge is 2.23. The lowest BCUT2D eigenvalue weighted by Crippen LogP contribution is -2.36. The van der Waals surface area contributed by atoms with Gasteiger partial charge in [-0.3, -0.25) is 20.2 Å². The first-order valence-corrected chi connectivity index (χ1v) is 11.5. The first-order chi connectivity index (χ1) is 17.7. The largest absolute Gasteiger partial charge is 0.508 e. The maximum Gasteiger partial charge on any atom is 0.335 e. The number of phenols is 1. The number of aromatic hydroxyl groups is 1. The zero-order valence-corrected chi connectivity index (χ0v) is 20.5. The minimum Gasteiger partial charge on any atom is -0.508 e. The second kappa shape index (κ2) is 10.8. The molecule has 186 valence electrons. The lowest BCUT2D eigenvalue weighted by atomic mass is 9.92. The van der Waals surface area contributed by atoms with Crippen LogP contribution in [0.25, 0.3) is 10.8 Å². The Morgan fingerprint density at radius 2 is 1.54 bits per heavy atom. The van der Waals surface area contributed by atoms with Crippen LogP contribution in [-0.4, -0.2) is 27.2 Å². The summed E-state index contributed by atoms with van der Waals surface area (Å²) in [7, 11) is 0. The van der Waals surface area contributed by atoms with Crippen LogP contribution in [0.3, 0.4) is 0 Å². The van der Waals surface area contributed by atoms with E-state index in [1.807, 2.05) is 6.07 Å². The molecule has 0 fully saturated rings. The van der Waals surface area contributed by atoms with Gasteiger partial charge in [0.1, 0.15) is 5.75 Å². The van der Waals surface area contributed by atoms with E-state index in [0.29, 0.717) is 22.1 Å². The molecule has 12 heteroatoms. The van der Waals surface area contributed by atoms with Crippen LogP contribution in [0.15, 0.2) is 88.4 Å². The van der Waals surface area contributed by atoms with Gasteiger partial charge in [-0.05, 0) is 64.4 Å². The zero-order valence-electron chi connectivity index (χ0n) is 18.9. The minimum absolute atomic E-state index is 0.0734. The van der Waals surface area contributed by atoms with E-state index in [1.165, 1.54) is 60.8 Å². The van der Waals surface area contributed by atoms with Gasteiger partial charge in [0, 0.05) is 34.3 Å². The zero-order chi connectivity index (χ0) is 26.5. The van der Waals surface area contributed by atoms with Crippen LogP contribution < -0.4 is 10.7 Å². The summed E-state index contributed by atoms with van der Waals surface area (Å²) in [6.45, 7) is 0. The van der Waals surface area contributed by atoms with Crippen LogP contribution in [0.2, 0.25) is 0 Å². The fourth-order valence-electron chi connectivity index (χ4n) is 3.74. The van der Waals surface area contributed by atoms with Crippen LogP contribution in [0, 0.1) is 20.2 Å². The molecule has 11 nitrogen and oxygen atoms in total. The predicted octanol–water partition coefficient (Wildman–Crippen LogP) is 5.55. The van der Waals surface area contributed by atoms with Gasteiger partial charge in [0.25, 0.3) is 11.4 Å². The van der Waals surface area contributed by atoms with Crippen molar-refractivity contribution >= 4 is 50.3 Å². The first kappa shape index (κ1) is 25.3. The third-order valence-electron chi connectivity index (χ3n) is 5.49. The van der Waals surface area contributed by atoms with Gasteiger partial charge in [0.05, 0.1) is 22.1 Å². The average molecular weight is 564 g/mol. The van der Waals surface area contributed by atoms with Crippen molar-refractivity contribution in [3.8, 4) is 5.75 Å². The molecule has 0 aliphatic carbocycles. The molecule has 0 heterocycles. The Hall–Kier alpha value is -4.84. The number of nitrogens with one attached hydrogen (secondary N) is 2. The quantitative estimate of drug-likeness (QED) is 0.152. The fourth-order valence-corrected chi connectivity index (χ4v) is 4.12. The number of carbonyl (C=O) groups is 1. The lowest BCUT2D eigenvalue weighted by molar-refractivity contribution is -0.385. The van der Waals surface area contributed by atoms with Gasteiger partial charge < -0.3 is 10.4 Å². The van der Waals surface area contributed by atoms with Gasteiger partial charge in [-0.2, -0.15) is 5.10 Å². The molecule has 0 aliphatic rings. The van der Waals surface area contributed by atoms with E-state index < -0.39 is 21.9 Å². The van der Waals surface area contributed by atoms with Crippen molar-refractivity contribution in [3.63, 3.8) is 0 Å². The van der Waals surface area contributed by atoms with E-state index in [2.05, 4.69) is 31.8 Å². The van der Waals surface area contributed by atoms with Crippen molar-refractivity contribution in [2.45, 2.75) is 6.04 Å². The molecule has 4 aromatic rings. The number of hydrazone groups is 1. The molecule has 0 aliphatic heterocycles. The van der Waals surface area contributed by atoms with Crippen LogP contribution in [0.4, 0.5) is 16.2 Å². The second-order valence-electron chi connectivity index (χ2n) is 7.84. The minimum atomic E-state index is -0.889. The van der Waals surface area contributed by atoms with Crippen molar-refractivity contribution in [1.29, 1.82) is 0 Å². The third-order valence-corrected chi connectivity index (χ3v) is 5.98. The van der Waals surface area contributed by atoms with Crippen molar-refractivity contribution in [1.82, 2.24) is 10.7 Å². The van der Waals surface area contributed by atoms with Crippen molar-refractivity contribution in [2.75, 3.05) is 0 Å². The van der Waals surface area contributed by atoms with Crippen molar-refractivity contribution in [3.05, 3.63) is 120 Å². The number of fused-ring (bicyclic) bond motifs is 1. The molecule has 0 radical (unpaired) electrons.